The third-order valence-corrected chi connectivity index (χ3v) is 24.0. The standard InChI is InChI=1S/4C22H19N2OP.12C2H6/c1-26(2,25)14-15-11-12-16-17-7-3-5-9-20(17)24-21-10-6-4-8-19(21)23-22(24)18(16)13-15;1-26(2,25)14-15-11-12-19-21(13-15)24-20-10-6-5-8-17(20)16-7-3-4-9-18(16)22(24)23-19;1-26(2,25)14-15-11-12-17-16-7-3-4-8-18(16)22-23-19-9-5-6-10-20(19)24(22)21(17)13-15;1-26(2,25)14-15-11-12-20-18(13-15)16-7-3-4-8-17(16)22-23-19-9-5-6-10-21(19)24(20)22;12*1-2/h4*3-13H,14H2,1-2H3;12*1-2H3. The van der Waals surface area contributed by atoms with Gasteiger partial charge >= 0.3 is 0 Å². The van der Waals surface area contributed by atoms with Crippen molar-refractivity contribution in [1.29, 1.82) is 0 Å². The van der Waals surface area contributed by atoms with Crippen LogP contribution in [0.2, 0.25) is 0 Å². The zero-order valence-electron chi connectivity index (χ0n) is 83.2. The van der Waals surface area contributed by atoms with Crippen molar-refractivity contribution in [2.75, 3.05) is 53.3 Å². The molecule has 0 N–H and O–H groups in total. The number of benzene rings is 12. The van der Waals surface area contributed by atoms with E-state index in [1.807, 2.05) is 244 Å². The molecular weight excluding hydrogens is 1650 g/mol. The molecule has 0 aliphatic rings. The SMILES string of the molecule is CC.CC.CC.CC.CC.CC.CC.CC.CC.CC.CC.CC.CP(C)(=O)Cc1ccc2c(c1)c1ccccc1c1nc3ccccc3n21.CP(C)(=O)Cc1ccc2c3ccccc3c3nc4ccccc4n3c2c1.CP(C)(=O)Cc1ccc2c3ccccc3n3c4ccccc4nc3c2c1.CP(C)(=O)Cc1ccc2nc3c4ccccc4c4ccccc4n3c2c1. The second kappa shape index (κ2) is 51.6. The average Bonchev–Trinajstić information content (AvgIpc) is 1.56. The molecule has 0 unspecified atom stereocenters. The molecule has 680 valence electrons. The van der Waals surface area contributed by atoms with Crippen molar-refractivity contribution in [3.63, 3.8) is 0 Å². The van der Waals surface area contributed by atoms with Crippen molar-refractivity contribution in [2.24, 2.45) is 0 Å². The minimum absolute atomic E-state index is 0.613. The van der Waals surface area contributed by atoms with Crippen LogP contribution in [0, 0.1) is 0 Å². The summed E-state index contributed by atoms with van der Waals surface area (Å²) >= 11 is 0. The fraction of sp³-hybridized carbons (Fsp3) is 0.321. The van der Waals surface area contributed by atoms with Gasteiger partial charge in [0.2, 0.25) is 0 Å². The lowest BCUT2D eigenvalue weighted by atomic mass is 10.0. The van der Waals surface area contributed by atoms with Crippen LogP contribution < -0.4 is 0 Å². The van der Waals surface area contributed by atoms with Crippen LogP contribution in [0.3, 0.4) is 0 Å². The van der Waals surface area contributed by atoms with E-state index in [9.17, 15) is 18.3 Å². The van der Waals surface area contributed by atoms with Crippen LogP contribution in [0.15, 0.2) is 267 Å². The smallest absolute Gasteiger partial charge is 0.146 e. The molecule has 8 heterocycles. The molecular formula is C112H148N8O4P4. The van der Waals surface area contributed by atoms with Gasteiger partial charge in [0.15, 0.2) is 0 Å². The Hall–Kier alpha value is -10.6. The van der Waals surface area contributed by atoms with Crippen LogP contribution in [0.25, 0.3) is 153 Å². The van der Waals surface area contributed by atoms with Gasteiger partial charge in [-0.3, -0.25) is 17.6 Å². The van der Waals surface area contributed by atoms with E-state index in [-0.39, 0.29) is 0 Å². The largest absolute Gasteiger partial charge is 0.324 e. The summed E-state index contributed by atoms with van der Waals surface area (Å²) in [6.45, 7) is 62.8. The first-order chi connectivity index (χ1) is 62.0. The molecule has 12 aromatic carbocycles. The lowest BCUT2D eigenvalue weighted by molar-refractivity contribution is 0.581. The Bertz CT molecular complexity index is 7120. The molecule has 0 amide bonds. The molecule has 0 spiro atoms. The summed E-state index contributed by atoms with van der Waals surface area (Å²) in [5, 5.41) is 14.2. The normalized spacial score (nSPS) is 10.8. The minimum atomic E-state index is -2.13. The third-order valence-electron chi connectivity index (χ3n) is 19.5. The zero-order valence-corrected chi connectivity index (χ0v) is 86.8. The van der Waals surface area contributed by atoms with Crippen LogP contribution >= 0.6 is 28.6 Å². The molecule has 0 aliphatic carbocycles. The van der Waals surface area contributed by atoms with E-state index in [1.54, 1.807) is 0 Å². The molecule has 0 aliphatic heterocycles. The Morgan fingerprint density at radius 2 is 0.383 bits per heavy atom. The Kier molecular flexibility index (Phi) is 43.5. The van der Waals surface area contributed by atoms with Crippen LogP contribution in [0.4, 0.5) is 0 Å². The molecule has 0 radical (unpaired) electrons. The van der Waals surface area contributed by atoms with Gasteiger partial charge in [0, 0.05) is 67.7 Å². The fourth-order valence-corrected chi connectivity index (χ4v) is 19.9. The zero-order chi connectivity index (χ0) is 95.6. The van der Waals surface area contributed by atoms with E-state index in [4.69, 9.17) is 19.9 Å². The number of pyridine rings is 4. The van der Waals surface area contributed by atoms with Gasteiger partial charge in [0.25, 0.3) is 0 Å². The summed E-state index contributed by atoms with van der Waals surface area (Å²) in [6, 6.07) is 92.5. The van der Waals surface area contributed by atoms with Gasteiger partial charge in [-0.25, -0.2) is 19.9 Å². The van der Waals surface area contributed by atoms with E-state index in [0.717, 1.165) is 133 Å². The number of aromatic nitrogens is 8. The maximum Gasteiger partial charge on any atom is 0.146 e. The van der Waals surface area contributed by atoms with Crippen molar-refractivity contribution in [1.82, 2.24) is 37.5 Å². The summed E-state index contributed by atoms with van der Waals surface area (Å²) in [5.41, 5.74) is 21.3. The number of fused-ring (bicyclic) bond motifs is 32. The molecule has 20 aromatic rings. The summed E-state index contributed by atoms with van der Waals surface area (Å²) in [7, 11) is -8.51. The molecule has 128 heavy (non-hydrogen) atoms. The molecule has 0 saturated heterocycles. The Morgan fingerprint density at radius 3 is 0.727 bits per heavy atom. The van der Waals surface area contributed by atoms with Gasteiger partial charge in [-0.05, 0) is 182 Å². The number of rotatable bonds is 8. The molecule has 0 fully saturated rings. The van der Waals surface area contributed by atoms with Crippen LogP contribution in [-0.2, 0) is 42.9 Å². The Labute approximate surface area is 766 Å². The lowest BCUT2D eigenvalue weighted by Crippen LogP contribution is -1.94. The van der Waals surface area contributed by atoms with Crippen molar-refractivity contribution >= 4 is 182 Å². The number of imidazole rings is 4. The quantitative estimate of drug-likeness (QED) is 0.108. The lowest BCUT2D eigenvalue weighted by Gasteiger charge is -2.12. The first kappa shape index (κ1) is 108. The van der Waals surface area contributed by atoms with Crippen molar-refractivity contribution in [2.45, 2.75) is 191 Å². The van der Waals surface area contributed by atoms with Gasteiger partial charge in [0.05, 0.1) is 94.8 Å². The summed E-state index contributed by atoms with van der Waals surface area (Å²) < 4.78 is 58.2. The van der Waals surface area contributed by atoms with Crippen molar-refractivity contribution in [3.05, 3.63) is 289 Å². The van der Waals surface area contributed by atoms with Crippen LogP contribution in [-0.4, -0.2) is 90.9 Å². The monoisotopic (exact) mass is 1790 g/mol. The average molecular weight is 1790 g/mol. The highest BCUT2D eigenvalue weighted by atomic mass is 31.2. The molecule has 0 saturated carbocycles. The molecule has 12 nitrogen and oxygen atoms in total. The minimum Gasteiger partial charge on any atom is -0.324 e. The van der Waals surface area contributed by atoms with E-state index in [0.29, 0.717) is 24.6 Å². The highest BCUT2D eigenvalue weighted by Gasteiger charge is 2.22. The molecule has 0 bridgehead atoms. The van der Waals surface area contributed by atoms with Gasteiger partial charge in [-0.15, -0.1) is 0 Å². The van der Waals surface area contributed by atoms with Crippen LogP contribution in [0.1, 0.15) is 188 Å². The number of hydrogen-bond acceptors (Lipinski definition) is 8. The Balaban J connectivity index is 0.000000280. The number of nitrogens with zero attached hydrogens (tertiary/aromatic N) is 8. The van der Waals surface area contributed by atoms with E-state index in [1.165, 1.54) is 43.1 Å². The number of para-hydroxylation sites is 8. The molecule has 0 atom stereocenters. The third kappa shape index (κ3) is 25.1. The summed E-state index contributed by atoms with van der Waals surface area (Å²) in [4.78, 5) is 19.6. The van der Waals surface area contributed by atoms with Gasteiger partial charge in [-0.2, -0.15) is 0 Å². The predicted molar refractivity (Wildman–Crippen MR) is 580 cm³/mol. The molecule has 16 heteroatoms. The first-order valence-corrected chi connectivity index (χ1v) is 58.2. The van der Waals surface area contributed by atoms with E-state index >= 15 is 0 Å². The highest BCUT2D eigenvalue weighted by molar-refractivity contribution is 7.62. The van der Waals surface area contributed by atoms with Crippen molar-refractivity contribution in [3.8, 4) is 0 Å². The summed E-state index contributed by atoms with van der Waals surface area (Å²) in [6.07, 6.45) is 2.47. The number of hydrogen-bond donors (Lipinski definition) is 0. The summed E-state index contributed by atoms with van der Waals surface area (Å²) in [5.74, 6) is 0. The fourth-order valence-electron chi connectivity index (χ4n) is 15.6. The van der Waals surface area contributed by atoms with Gasteiger partial charge in [-0.1, -0.05) is 348 Å². The predicted octanol–water partition coefficient (Wildman–Crippen LogP) is 36.0. The second-order valence-corrected chi connectivity index (χ2v) is 43.4. The van der Waals surface area contributed by atoms with Crippen molar-refractivity contribution < 1.29 is 18.3 Å². The topological polar surface area (TPSA) is 137 Å². The Morgan fingerprint density at radius 1 is 0.180 bits per heavy atom. The highest BCUT2D eigenvalue weighted by Crippen LogP contribution is 2.46. The van der Waals surface area contributed by atoms with Gasteiger partial charge in [0.1, 0.15) is 22.6 Å². The van der Waals surface area contributed by atoms with E-state index < -0.39 is 28.6 Å². The maximum absolute atomic E-state index is 12.3. The molecule has 8 aromatic heterocycles. The maximum atomic E-state index is 12.3. The van der Waals surface area contributed by atoms with Gasteiger partial charge < -0.3 is 18.3 Å². The van der Waals surface area contributed by atoms with Crippen LogP contribution in [0.5, 0.6) is 0 Å². The van der Waals surface area contributed by atoms with E-state index in [2.05, 4.69) is 260 Å². The molecule has 20 rings (SSSR count). The first-order valence-electron chi connectivity index (χ1n) is 47.0. The second-order valence-electron chi connectivity index (χ2n) is 29.6.